The normalized spacial score (nSPS) is 10.7. The van der Waals surface area contributed by atoms with Gasteiger partial charge in [0.1, 0.15) is 6.61 Å². The molecule has 5 nitrogen and oxygen atoms in total. The van der Waals surface area contributed by atoms with Crippen LogP contribution in [0.4, 0.5) is 4.39 Å². The van der Waals surface area contributed by atoms with Crippen molar-refractivity contribution in [1.29, 1.82) is 0 Å². The number of carbonyl (C=O) groups excluding carboxylic acids is 2. The summed E-state index contributed by atoms with van der Waals surface area (Å²) in [6.07, 6.45) is 1.39. The van der Waals surface area contributed by atoms with Crippen LogP contribution in [0.15, 0.2) is 47.1 Å². The highest BCUT2D eigenvalue weighted by Gasteiger charge is 2.25. The Balaban J connectivity index is 2.05. The average Bonchev–Trinajstić information content (AvgIpc) is 3.07. The Morgan fingerprint density at radius 3 is 2.69 bits per heavy atom. The van der Waals surface area contributed by atoms with E-state index in [9.17, 15) is 14.0 Å². The van der Waals surface area contributed by atoms with E-state index in [1.165, 1.54) is 12.3 Å². The molecule has 0 atom stereocenters. The number of benzene rings is 2. The van der Waals surface area contributed by atoms with E-state index >= 15 is 0 Å². The predicted octanol–water partition coefficient (Wildman–Crippen LogP) is 3.97. The number of aromatic amines is 1. The van der Waals surface area contributed by atoms with Crippen LogP contribution in [0.25, 0.3) is 10.9 Å². The van der Waals surface area contributed by atoms with Crippen LogP contribution in [-0.4, -0.2) is 23.2 Å². The zero-order chi connectivity index (χ0) is 18.7. The minimum absolute atomic E-state index is 0.0641. The van der Waals surface area contributed by atoms with Crippen molar-refractivity contribution in [3.05, 3.63) is 64.0 Å². The lowest BCUT2D eigenvalue weighted by Gasteiger charge is -2.11. The van der Waals surface area contributed by atoms with Crippen LogP contribution in [0.5, 0.6) is 5.75 Å². The number of rotatable bonds is 6. The molecule has 7 heteroatoms. The number of hydrogen-bond acceptors (Lipinski definition) is 3. The number of H-pyrrole nitrogens is 1. The summed E-state index contributed by atoms with van der Waals surface area (Å²) in [4.78, 5) is 27.3. The molecule has 134 valence electrons. The number of Topliss-reactive ketones (excluding diaryl/α,β-unsaturated/α-hetero) is 1. The quantitative estimate of drug-likeness (QED) is 0.469. The molecule has 1 heterocycles. The van der Waals surface area contributed by atoms with Crippen LogP contribution < -0.4 is 10.1 Å². The molecule has 0 fully saturated rings. The third-order valence-electron chi connectivity index (χ3n) is 3.83. The van der Waals surface area contributed by atoms with Crippen molar-refractivity contribution in [2.24, 2.45) is 0 Å². The molecule has 0 bridgehead atoms. The smallest absolute Gasteiger partial charge is 0.292 e. The lowest BCUT2D eigenvalue weighted by molar-refractivity contribution is -0.116. The Bertz CT molecular complexity index is 970. The fourth-order valence-corrected chi connectivity index (χ4v) is 3.14. The number of amides is 1. The van der Waals surface area contributed by atoms with Gasteiger partial charge in [-0.1, -0.05) is 30.3 Å². The maximum absolute atomic E-state index is 14.6. The molecule has 0 spiro atoms. The number of ketones is 1. The first-order valence-corrected chi connectivity index (χ1v) is 8.80. The second kappa shape index (κ2) is 7.70. The summed E-state index contributed by atoms with van der Waals surface area (Å²) in [7, 11) is 0. The van der Waals surface area contributed by atoms with E-state index in [4.69, 9.17) is 4.74 Å². The van der Waals surface area contributed by atoms with Gasteiger partial charge in [0.15, 0.2) is 11.6 Å². The second-order valence-corrected chi connectivity index (χ2v) is 6.44. The molecule has 0 saturated carbocycles. The standard InChI is InChI=1S/C19H16BrFN2O3/c1-2-22-19(25)17(24)12-9-23-16-13(20)8-14(21)18(15(12)16)26-10-11-6-4-3-5-7-11/h3-9,23H,2,10H2,1H3,(H,22,25). The number of ether oxygens (including phenoxy) is 1. The van der Waals surface area contributed by atoms with Crippen LogP contribution >= 0.6 is 15.9 Å². The molecule has 2 N–H and O–H groups in total. The van der Waals surface area contributed by atoms with Gasteiger partial charge in [-0.25, -0.2) is 4.39 Å². The van der Waals surface area contributed by atoms with Gasteiger partial charge in [-0.05, 0) is 34.5 Å². The highest BCUT2D eigenvalue weighted by atomic mass is 79.9. The van der Waals surface area contributed by atoms with Gasteiger partial charge in [0, 0.05) is 17.2 Å². The van der Waals surface area contributed by atoms with E-state index in [1.54, 1.807) is 6.92 Å². The Hall–Kier alpha value is -2.67. The largest absolute Gasteiger partial charge is 0.485 e. The average molecular weight is 419 g/mol. The molecule has 0 saturated heterocycles. The van der Waals surface area contributed by atoms with Gasteiger partial charge in [-0.3, -0.25) is 9.59 Å². The number of aromatic nitrogens is 1. The lowest BCUT2D eigenvalue weighted by atomic mass is 10.1. The first-order chi connectivity index (χ1) is 12.5. The van der Waals surface area contributed by atoms with E-state index in [0.29, 0.717) is 16.5 Å². The summed E-state index contributed by atoms with van der Waals surface area (Å²) in [6.45, 7) is 2.17. The van der Waals surface area contributed by atoms with Crippen molar-refractivity contribution in [3.8, 4) is 5.75 Å². The monoisotopic (exact) mass is 418 g/mol. The molecule has 1 amide bonds. The first kappa shape index (κ1) is 18.1. The Morgan fingerprint density at radius 1 is 1.27 bits per heavy atom. The summed E-state index contributed by atoms with van der Waals surface area (Å²) in [6, 6.07) is 10.5. The zero-order valence-electron chi connectivity index (χ0n) is 13.9. The molecule has 0 radical (unpaired) electrons. The van der Waals surface area contributed by atoms with Crippen molar-refractivity contribution >= 4 is 38.5 Å². The summed E-state index contributed by atoms with van der Waals surface area (Å²) in [5.74, 6) is -2.19. The number of carbonyl (C=O) groups is 2. The van der Waals surface area contributed by atoms with Crippen molar-refractivity contribution in [3.63, 3.8) is 0 Å². The van der Waals surface area contributed by atoms with Gasteiger partial charge in [-0.15, -0.1) is 0 Å². The topological polar surface area (TPSA) is 71.2 Å². The Kier molecular flexibility index (Phi) is 5.37. The van der Waals surface area contributed by atoms with Crippen LogP contribution in [0.3, 0.4) is 0 Å². The van der Waals surface area contributed by atoms with Crippen LogP contribution in [0.2, 0.25) is 0 Å². The van der Waals surface area contributed by atoms with Crippen molar-refractivity contribution < 1.29 is 18.7 Å². The molecule has 2 aromatic carbocycles. The van der Waals surface area contributed by atoms with Crippen molar-refractivity contribution in [2.45, 2.75) is 13.5 Å². The SMILES string of the molecule is CCNC(=O)C(=O)c1c[nH]c2c(Br)cc(F)c(OCc3ccccc3)c12. The summed E-state index contributed by atoms with van der Waals surface area (Å²) in [5, 5.41) is 2.70. The lowest BCUT2D eigenvalue weighted by Crippen LogP contribution is -2.30. The van der Waals surface area contributed by atoms with E-state index in [-0.39, 0.29) is 23.3 Å². The minimum atomic E-state index is -0.750. The van der Waals surface area contributed by atoms with Crippen molar-refractivity contribution in [1.82, 2.24) is 10.3 Å². The number of likely N-dealkylation sites (N-methyl/N-ethyl adjacent to an activating group) is 1. The molecule has 1 aromatic heterocycles. The van der Waals surface area contributed by atoms with Gasteiger partial charge in [0.25, 0.3) is 11.7 Å². The highest BCUT2D eigenvalue weighted by molar-refractivity contribution is 9.10. The first-order valence-electron chi connectivity index (χ1n) is 8.01. The summed E-state index contributed by atoms with van der Waals surface area (Å²) < 4.78 is 20.7. The van der Waals surface area contributed by atoms with Crippen LogP contribution in [0.1, 0.15) is 22.8 Å². The zero-order valence-corrected chi connectivity index (χ0v) is 15.5. The fourth-order valence-electron chi connectivity index (χ4n) is 2.63. The Morgan fingerprint density at radius 2 is 2.00 bits per heavy atom. The van der Waals surface area contributed by atoms with Crippen LogP contribution in [0, 0.1) is 5.82 Å². The summed E-state index contributed by atoms with van der Waals surface area (Å²) in [5.41, 5.74) is 1.41. The maximum atomic E-state index is 14.6. The number of fused-ring (bicyclic) bond motifs is 1. The van der Waals surface area contributed by atoms with Gasteiger partial charge in [-0.2, -0.15) is 0 Å². The van der Waals surface area contributed by atoms with Crippen LogP contribution in [-0.2, 0) is 11.4 Å². The molecule has 0 aliphatic heterocycles. The molecule has 0 aliphatic rings. The third-order valence-corrected chi connectivity index (χ3v) is 4.46. The molecule has 3 aromatic rings. The van der Waals surface area contributed by atoms with Gasteiger partial charge >= 0.3 is 0 Å². The third kappa shape index (κ3) is 3.48. The highest BCUT2D eigenvalue weighted by Crippen LogP contribution is 2.37. The molecule has 0 aliphatic carbocycles. The maximum Gasteiger partial charge on any atom is 0.292 e. The molecule has 0 unspecified atom stereocenters. The minimum Gasteiger partial charge on any atom is -0.485 e. The second-order valence-electron chi connectivity index (χ2n) is 5.58. The van der Waals surface area contributed by atoms with E-state index in [2.05, 4.69) is 26.2 Å². The van der Waals surface area contributed by atoms with E-state index < -0.39 is 17.5 Å². The molecule has 3 rings (SSSR count). The van der Waals surface area contributed by atoms with Gasteiger partial charge < -0.3 is 15.0 Å². The Labute approximate surface area is 157 Å². The fraction of sp³-hybridized carbons (Fsp3) is 0.158. The molecular weight excluding hydrogens is 403 g/mol. The molecule has 26 heavy (non-hydrogen) atoms. The number of hydrogen-bond donors (Lipinski definition) is 2. The van der Waals surface area contributed by atoms with Crippen molar-refractivity contribution in [2.75, 3.05) is 6.54 Å². The van der Waals surface area contributed by atoms with Gasteiger partial charge in [0.2, 0.25) is 0 Å². The van der Waals surface area contributed by atoms with E-state index in [0.717, 1.165) is 5.56 Å². The number of halogens is 2. The van der Waals surface area contributed by atoms with E-state index in [1.807, 2.05) is 30.3 Å². The molecular formula is C19H16BrFN2O3. The predicted molar refractivity (Wildman–Crippen MR) is 99.7 cm³/mol. The number of nitrogens with one attached hydrogen (secondary N) is 2. The summed E-state index contributed by atoms with van der Waals surface area (Å²) >= 11 is 3.27. The van der Waals surface area contributed by atoms with Gasteiger partial charge in [0.05, 0.1) is 16.5 Å².